The first kappa shape index (κ1) is 20.2. The van der Waals surface area contributed by atoms with Gasteiger partial charge in [-0.25, -0.2) is 8.42 Å². The van der Waals surface area contributed by atoms with Crippen LogP contribution in [0.3, 0.4) is 0 Å². The van der Waals surface area contributed by atoms with Gasteiger partial charge in [0.05, 0.1) is 19.1 Å². The topological polar surface area (TPSA) is 84.9 Å². The van der Waals surface area contributed by atoms with E-state index in [4.69, 9.17) is 9.47 Å². The molecule has 0 unspecified atom stereocenters. The van der Waals surface area contributed by atoms with Crippen molar-refractivity contribution in [2.24, 2.45) is 0 Å². The van der Waals surface area contributed by atoms with Crippen LogP contribution < -0.4 is 14.4 Å². The number of aryl methyl sites for hydroxylation is 1. The molecular formula is C16H26N2O5S. The van der Waals surface area contributed by atoms with Crippen molar-refractivity contribution in [2.45, 2.75) is 20.3 Å². The van der Waals surface area contributed by atoms with E-state index in [1.807, 2.05) is 19.9 Å². The zero-order valence-electron chi connectivity index (χ0n) is 14.7. The maximum absolute atomic E-state index is 12.1. The van der Waals surface area contributed by atoms with Crippen molar-refractivity contribution >= 4 is 21.6 Å². The van der Waals surface area contributed by atoms with Gasteiger partial charge in [-0.05, 0) is 38.0 Å². The molecule has 0 saturated carbocycles. The van der Waals surface area contributed by atoms with Crippen LogP contribution in [0.1, 0.15) is 18.9 Å². The van der Waals surface area contributed by atoms with E-state index in [9.17, 15) is 13.2 Å². The highest BCUT2D eigenvalue weighted by molar-refractivity contribution is 7.92. The lowest BCUT2D eigenvalue weighted by molar-refractivity contribution is -0.119. The van der Waals surface area contributed by atoms with Crippen LogP contribution in [-0.2, 0) is 19.6 Å². The number of benzene rings is 1. The molecule has 0 aromatic heterocycles. The molecule has 0 aliphatic heterocycles. The third-order valence-electron chi connectivity index (χ3n) is 3.28. The van der Waals surface area contributed by atoms with Crippen LogP contribution in [0.15, 0.2) is 18.2 Å². The van der Waals surface area contributed by atoms with E-state index >= 15 is 0 Å². The Hall–Kier alpha value is -1.80. The zero-order valence-corrected chi connectivity index (χ0v) is 15.5. The molecule has 0 fully saturated rings. The van der Waals surface area contributed by atoms with Gasteiger partial charge in [0.2, 0.25) is 15.9 Å². The van der Waals surface area contributed by atoms with Gasteiger partial charge in [0, 0.05) is 19.8 Å². The van der Waals surface area contributed by atoms with Crippen LogP contribution in [0.5, 0.6) is 5.75 Å². The largest absolute Gasteiger partial charge is 0.495 e. The minimum absolute atomic E-state index is 0.298. The van der Waals surface area contributed by atoms with Crippen LogP contribution in [-0.4, -0.2) is 54.0 Å². The second kappa shape index (κ2) is 9.48. The van der Waals surface area contributed by atoms with Gasteiger partial charge in [-0.15, -0.1) is 0 Å². The fourth-order valence-corrected chi connectivity index (χ4v) is 2.96. The SMILES string of the molecule is CCOCCCNC(=O)CN(c1cc(C)ccc1OC)S(C)(=O)=O. The molecule has 0 spiro atoms. The quantitative estimate of drug-likeness (QED) is 0.638. The smallest absolute Gasteiger partial charge is 0.240 e. The Kier molecular flexibility index (Phi) is 8.00. The number of methoxy groups -OCH3 is 1. The van der Waals surface area contributed by atoms with E-state index in [-0.39, 0.29) is 12.5 Å². The molecule has 8 heteroatoms. The monoisotopic (exact) mass is 358 g/mol. The van der Waals surface area contributed by atoms with E-state index < -0.39 is 10.0 Å². The van der Waals surface area contributed by atoms with Crippen molar-refractivity contribution in [3.05, 3.63) is 23.8 Å². The molecular weight excluding hydrogens is 332 g/mol. The van der Waals surface area contributed by atoms with Gasteiger partial charge in [0.15, 0.2) is 0 Å². The summed E-state index contributed by atoms with van der Waals surface area (Å²) >= 11 is 0. The Labute approximate surface area is 144 Å². The van der Waals surface area contributed by atoms with Crippen LogP contribution in [0.2, 0.25) is 0 Å². The predicted molar refractivity (Wildman–Crippen MR) is 94.0 cm³/mol. The van der Waals surface area contributed by atoms with Gasteiger partial charge >= 0.3 is 0 Å². The van der Waals surface area contributed by atoms with Gasteiger partial charge in [0.25, 0.3) is 0 Å². The fourth-order valence-electron chi connectivity index (χ4n) is 2.11. The lowest BCUT2D eigenvalue weighted by Gasteiger charge is -2.24. The number of anilines is 1. The van der Waals surface area contributed by atoms with Gasteiger partial charge in [-0.1, -0.05) is 6.07 Å². The van der Waals surface area contributed by atoms with Crippen molar-refractivity contribution in [1.29, 1.82) is 0 Å². The maximum atomic E-state index is 12.1. The van der Waals surface area contributed by atoms with Crippen LogP contribution in [0.4, 0.5) is 5.69 Å². The van der Waals surface area contributed by atoms with Crippen LogP contribution in [0.25, 0.3) is 0 Å². The van der Waals surface area contributed by atoms with Crippen molar-refractivity contribution in [3.63, 3.8) is 0 Å². The number of hydrogen-bond donors (Lipinski definition) is 1. The lowest BCUT2D eigenvalue weighted by Crippen LogP contribution is -2.41. The second-order valence-corrected chi connectivity index (χ2v) is 7.25. The summed E-state index contributed by atoms with van der Waals surface area (Å²) in [4.78, 5) is 12.1. The number of nitrogens with zero attached hydrogens (tertiary/aromatic N) is 1. The molecule has 1 rings (SSSR count). The summed E-state index contributed by atoms with van der Waals surface area (Å²) in [6.07, 6.45) is 1.74. The molecule has 0 saturated heterocycles. The number of hydrogen-bond acceptors (Lipinski definition) is 5. The minimum Gasteiger partial charge on any atom is -0.495 e. The molecule has 1 N–H and O–H groups in total. The standard InChI is InChI=1S/C16H26N2O5S/c1-5-23-10-6-9-17-16(19)12-18(24(4,20)21)14-11-13(2)7-8-15(14)22-3/h7-8,11H,5-6,9-10,12H2,1-4H3,(H,17,19). The summed E-state index contributed by atoms with van der Waals surface area (Å²) in [5.74, 6) is 0.0238. The number of nitrogens with one attached hydrogen (secondary N) is 1. The van der Waals surface area contributed by atoms with Gasteiger partial charge in [-0.3, -0.25) is 9.10 Å². The number of amides is 1. The number of rotatable bonds is 10. The molecule has 7 nitrogen and oxygen atoms in total. The van der Waals surface area contributed by atoms with E-state index in [1.165, 1.54) is 7.11 Å². The number of ether oxygens (including phenoxy) is 2. The summed E-state index contributed by atoms with van der Waals surface area (Å²) in [5.41, 5.74) is 1.22. The first-order chi connectivity index (χ1) is 11.3. The Bertz CT molecular complexity index is 646. The average molecular weight is 358 g/mol. The Balaban J connectivity index is 2.85. The highest BCUT2D eigenvalue weighted by Crippen LogP contribution is 2.30. The molecule has 24 heavy (non-hydrogen) atoms. The van der Waals surface area contributed by atoms with E-state index in [1.54, 1.807) is 12.1 Å². The first-order valence-electron chi connectivity index (χ1n) is 7.76. The maximum Gasteiger partial charge on any atom is 0.240 e. The van der Waals surface area contributed by atoms with Crippen molar-refractivity contribution < 1.29 is 22.7 Å². The highest BCUT2D eigenvalue weighted by atomic mass is 32.2. The first-order valence-corrected chi connectivity index (χ1v) is 9.61. The molecule has 0 aliphatic rings. The zero-order chi connectivity index (χ0) is 18.2. The van der Waals surface area contributed by atoms with Gasteiger partial charge in [0.1, 0.15) is 12.3 Å². The number of carbonyl (C=O) groups is 1. The third-order valence-corrected chi connectivity index (χ3v) is 4.41. The number of sulfonamides is 1. The molecule has 0 bridgehead atoms. The van der Waals surface area contributed by atoms with E-state index in [2.05, 4.69) is 5.32 Å². The number of carbonyl (C=O) groups excluding carboxylic acids is 1. The molecule has 0 atom stereocenters. The fraction of sp³-hybridized carbons (Fsp3) is 0.562. The lowest BCUT2D eigenvalue weighted by atomic mass is 10.2. The van der Waals surface area contributed by atoms with Crippen molar-refractivity contribution in [2.75, 3.05) is 44.0 Å². The van der Waals surface area contributed by atoms with Crippen molar-refractivity contribution in [3.8, 4) is 5.75 Å². The summed E-state index contributed by atoms with van der Waals surface area (Å²) in [5, 5.41) is 2.70. The predicted octanol–water partition coefficient (Wildman–Crippen LogP) is 1.31. The Morgan fingerprint density at radius 3 is 2.62 bits per heavy atom. The molecule has 0 aliphatic carbocycles. The summed E-state index contributed by atoms with van der Waals surface area (Å²) in [6.45, 7) is 5.06. The molecule has 1 aromatic rings. The molecule has 1 amide bonds. The molecule has 0 radical (unpaired) electrons. The minimum atomic E-state index is -3.63. The summed E-state index contributed by atoms with van der Waals surface area (Å²) < 4.78 is 35.7. The molecule has 136 valence electrons. The Morgan fingerprint density at radius 1 is 1.33 bits per heavy atom. The summed E-state index contributed by atoms with van der Waals surface area (Å²) in [7, 11) is -2.17. The molecule has 0 heterocycles. The van der Waals surface area contributed by atoms with E-state index in [0.717, 1.165) is 16.1 Å². The molecule has 1 aromatic carbocycles. The third kappa shape index (κ3) is 6.37. The van der Waals surface area contributed by atoms with Crippen LogP contribution >= 0.6 is 0 Å². The highest BCUT2D eigenvalue weighted by Gasteiger charge is 2.23. The van der Waals surface area contributed by atoms with E-state index in [0.29, 0.717) is 37.6 Å². The van der Waals surface area contributed by atoms with Gasteiger partial charge in [-0.2, -0.15) is 0 Å². The normalized spacial score (nSPS) is 11.2. The second-order valence-electron chi connectivity index (χ2n) is 5.35. The van der Waals surface area contributed by atoms with Crippen LogP contribution in [0, 0.1) is 6.92 Å². The Morgan fingerprint density at radius 2 is 2.04 bits per heavy atom. The van der Waals surface area contributed by atoms with Gasteiger partial charge < -0.3 is 14.8 Å². The summed E-state index contributed by atoms with van der Waals surface area (Å²) in [6, 6.07) is 5.18. The van der Waals surface area contributed by atoms with Crippen molar-refractivity contribution in [1.82, 2.24) is 5.32 Å². The average Bonchev–Trinajstić information content (AvgIpc) is 2.51.